The van der Waals surface area contributed by atoms with Crippen LogP contribution in [0.4, 0.5) is 0 Å². The van der Waals surface area contributed by atoms with Crippen LogP contribution < -0.4 is 0 Å². The van der Waals surface area contributed by atoms with E-state index >= 15 is 0 Å². The minimum atomic E-state index is 0.388. The normalized spacial score (nSPS) is 10.6. The molecular formula is C17H20O. The van der Waals surface area contributed by atoms with Gasteiger partial charge in [0, 0.05) is 0 Å². The van der Waals surface area contributed by atoms with Crippen molar-refractivity contribution in [2.24, 2.45) is 0 Å². The molecule has 1 nitrogen and oxygen atoms in total. The second-order valence-electron chi connectivity index (χ2n) is 4.92. The number of aryl methyl sites for hydroxylation is 3. The van der Waals surface area contributed by atoms with Crippen molar-refractivity contribution < 1.29 is 5.11 Å². The Morgan fingerprint density at radius 2 is 1.67 bits per heavy atom. The maximum absolute atomic E-state index is 9.67. The highest BCUT2D eigenvalue weighted by Crippen LogP contribution is 2.23. The van der Waals surface area contributed by atoms with Gasteiger partial charge in [-0.25, -0.2) is 0 Å². The quantitative estimate of drug-likeness (QED) is 0.854. The Morgan fingerprint density at radius 1 is 0.944 bits per heavy atom. The van der Waals surface area contributed by atoms with Crippen molar-refractivity contribution in [2.75, 3.05) is 0 Å². The van der Waals surface area contributed by atoms with Crippen LogP contribution in [0.5, 0.6) is 5.75 Å². The first-order valence-electron chi connectivity index (χ1n) is 6.47. The van der Waals surface area contributed by atoms with E-state index in [1.807, 2.05) is 13.0 Å². The van der Waals surface area contributed by atoms with E-state index < -0.39 is 0 Å². The smallest absolute Gasteiger partial charge is 0.118 e. The minimum absolute atomic E-state index is 0.388. The Kier molecular flexibility index (Phi) is 3.71. The first-order chi connectivity index (χ1) is 8.60. The second kappa shape index (κ2) is 5.26. The molecule has 0 bridgehead atoms. The molecule has 0 heterocycles. The molecule has 0 fully saturated rings. The SMILES string of the molecule is CCc1cccc(Cc2cc(C)c(O)cc2C)c1. The fourth-order valence-electron chi connectivity index (χ4n) is 2.23. The molecule has 0 amide bonds. The van der Waals surface area contributed by atoms with Gasteiger partial charge in [-0.3, -0.25) is 0 Å². The van der Waals surface area contributed by atoms with Gasteiger partial charge in [-0.15, -0.1) is 0 Å². The minimum Gasteiger partial charge on any atom is -0.508 e. The molecule has 0 saturated carbocycles. The van der Waals surface area contributed by atoms with Gasteiger partial charge in [0.1, 0.15) is 5.75 Å². The van der Waals surface area contributed by atoms with E-state index in [1.54, 1.807) is 0 Å². The van der Waals surface area contributed by atoms with E-state index in [4.69, 9.17) is 0 Å². The Labute approximate surface area is 109 Å². The molecule has 2 aromatic carbocycles. The molecule has 1 N–H and O–H groups in total. The van der Waals surface area contributed by atoms with Crippen molar-refractivity contribution in [3.8, 4) is 5.75 Å². The van der Waals surface area contributed by atoms with Crippen LogP contribution >= 0.6 is 0 Å². The first kappa shape index (κ1) is 12.7. The third-order valence-corrected chi connectivity index (χ3v) is 3.45. The fraction of sp³-hybridized carbons (Fsp3) is 0.294. The molecule has 0 atom stereocenters. The molecule has 0 aromatic heterocycles. The third kappa shape index (κ3) is 2.73. The number of benzene rings is 2. The summed E-state index contributed by atoms with van der Waals surface area (Å²) in [4.78, 5) is 0. The zero-order valence-electron chi connectivity index (χ0n) is 11.3. The average molecular weight is 240 g/mol. The Hall–Kier alpha value is -1.76. The maximum Gasteiger partial charge on any atom is 0.118 e. The molecule has 0 radical (unpaired) electrons. The zero-order chi connectivity index (χ0) is 13.1. The lowest BCUT2D eigenvalue weighted by Crippen LogP contribution is -1.94. The molecule has 2 aromatic rings. The first-order valence-corrected chi connectivity index (χ1v) is 6.47. The van der Waals surface area contributed by atoms with E-state index in [-0.39, 0.29) is 0 Å². The van der Waals surface area contributed by atoms with Gasteiger partial charge in [0.05, 0.1) is 0 Å². The van der Waals surface area contributed by atoms with Crippen LogP contribution in [0.1, 0.15) is 34.7 Å². The van der Waals surface area contributed by atoms with Gasteiger partial charge in [-0.1, -0.05) is 37.3 Å². The molecule has 1 heteroatoms. The number of aromatic hydroxyl groups is 1. The molecular weight excluding hydrogens is 220 g/mol. The highest BCUT2D eigenvalue weighted by atomic mass is 16.3. The summed E-state index contributed by atoms with van der Waals surface area (Å²) in [5, 5.41) is 9.67. The maximum atomic E-state index is 9.67. The Morgan fingerprint density at radius 3 is 2.39 bits per heavy atom. The number of hydrogen-bond donors (Lipinski definition) is 1. The molecule has 0 aliphatic heterocycles. The van der Waals surface area contributed by atoms with Gasteiger partial charge >= 0.3 is 0 Å². The Balaban J connectivity index is 2.30. The monoisotopic (exact) mass is 240 g/mol. The number of rotatable bonds is 3. The summed E-state index contributed by atoms with van der Waals surface area (Å²) in [6.45, 7) is 6.17. The van der Waals surface area contributed by atoms with Crippen molar-refractivity contribution in [1.29, 1.82) is 0 Å². The lowest BCUT2D eigenvalue weighted by molar-refractivity contribution is 0.470. The topological polar surface area (TPSA) is 20.2 Å². The molecule has 94 valence electrons. The van der Waals surface area contributed by atoms with Crippen LogP contribution in [-0.4, -0.2) is 5.11 Å². The molecule has 0 saturated heterocycles. The van der Waals surface area contributed by atoms with Gasteiger partial charge < -0.3 is 5.11 Å². The van der Waals surface area contributed by atoms with E-state index in [9.17, 15) is 5.11 Å². The summed E-state index contributed by atoms with van der Waals surface area (Å²) in [5.74, 6) is 0.388. The number of phenolic OH excluding ortho intramolecular Hbond substituents is 1. The lowest BCUT2D eigenvalue weighted by Gasteiger charge is -2.10. The van der Waals surface area contributed by atoms with Crippen LogP contribution in [0, 0.1) is 13.8 Å². The summed E-state index contributed by atoms with van der Waals surface area (Å²) < 4.78 is 0. The number of phenols is 1. The predicted molar refractivity (Wildman–Crippen MR) is 76.2 cm³/mol. The van der Waals surface area contributed by atoms with E-state index in [0.29, 0.717) is 5.75 Å². The van der Waals surface area contributed by atoms with Crippen molar-refractivity contribution >= 4 is 0 Å². The van der Waals surface area contributed by atoms with E-state index in [2.05, 4.69) is 44.2 Å². The largest absolute Gasteiger partial charge is 0.508 e. The van der Waals surface area contributed by atoms with E-state index in [1.165, 1.54) is 16.7 Å². The molecule has 0 spiro atoms. The second-order valence-corrected chi connectivity index (χ2v) is 4.92. The Bertz CT molecular complexity index is 556. The highest BCUT2D eigenvalue weighted by molar-refractivity contribution is 5.42. The predicted octanol–water partition coefficient (Wildman–Crippen LogP) is 4.16. The molecule has 0 unspecified atom stereocenters. The molecule has 0 aliphatic carbocycles. The van der Waals surface area contributed by atoms with Gasteiger partial charge in [-0.2, -0.15) is 0 Å². The van der Waals surface area contributed by atoms with Gasteiger partial charge in [-0.05, 0) is 60.6 Å². The number of hydrogen-bond acceptors (Lipinski definition) is 1. The average Bonchev–Trinajstić information content (AvgIpc) is 2.36. The van der Waals surface area contributed by atoms with Gasteiger partial charge in [0.2, 0.25) is 0 Å². The van der Waals surface area contributed by atoms with Crippen LogP contribution in [0.25, 0.3) is 0 Å². The molecule has 2 rings (SSSR count). The van der Waals surface area contributed by atoms with Crippen LogP contribution in [0.15, 0.2) is 36.4 Å². The van der Waals surface area contributed by atoms with Crippen molar-refractivity contribution in [3.05, 3.63) is 64.2 Å². The van der Waals surface area contributed by atoms with Crippen LogP contribution in [-0.2, 0) is 12.8 Å². The van der Waals surface area contributed by atoms with Crippen molar-refractivity contribution in [2.45, 2.75) is 33.6 Å². The van der Waals surface area contributed by atoms with Gasteiger partial charge in [0.25, 0.3) is 0 Å². The fourth-order valence-corrected chi connectivity index (χ4v) is 2.23. The molecule has 0 aliphatic rings. The summed E-state index contributed by atoms with van der Waals surface area (Å²) in [6.07, 6.45) is 2.00. The third-order valence-electron chi connectivity index (χ3n) is 3.45. The van der Waals surface area contributed by atoms with Crippen molar-refractivity contribution in [3.63, 3.8) is 0 Å². The van der Waals surface area contributed by atoms with E-state index in [0.717, 1.165) is 24.0 Å². The van der Waals surface area contributed by atoms with Gasteiger partial charge in [0.15, 0.2) is 0 Å². The van der Waals surface area contributed by atoms with Crippen LogP contribution in [0.2, 0.25) is 0 Å². The summed E-state index contributed by atoms with van der Waals surface area (Å²) >= 11 is 0. The summed E-state index contributed by atoms with van der Waals surface area (Å²) in [5.41, 5.74) is 6.10. The van der Waals surface area contributed by atoms with Crippen LogP contribution in [0.3, 0.4) is 0 Å². The summed E-state index contributed by atoms with van der Waals surface area (Å²) in [7, 11) is 0. The molecule has 18 heavy (non-hydrogen) atoms. The standard InChI is InChI=1S/C17H20O/c1-4-14-6-5-7-15(10-14)11-16-8-13(3)17(18)9-12(16)2/h5-10,18H,4,11H2,1-3H3. The zero-order valence-corrected chi connectivity index (χ0v) is 11.3. The van der Waals surface area contributed by atoms with Crippen molar-refractivity contribution in [1.82, 2.24) is 0 Å². The lowest BCUT2D eigenvalue weighted by atomic mass is 9.97. The summed E-state index contributed by atoms with van der Waals surface area (Å²) in [6, 6.07) is 12.7. The highest BCUT2D eigenvalue weighted by Gasteiger charge is 2.05.